The van der Waals surface area contributed by atoms with E-state index in [1.54, 1.807) is 0 Å². The van der Waals surface area contributed by atoms with Gasteiger partial charge in [0.05, 0.1) is 0 Å². The van der Waals surface area contributed by atoms with E-state index >= 15 is 0 Å². The molecule has 88 valence electrons. The summed E-state index contributed by atoms with van der Waals surface area (Å²) in [6, 6.07) is 2.13. The van der Waals surface area contributed by atoms with E-state index in [0.717, 1.165) is 17.9 Å². The van der Waals surface area contributed by atoms with Gasteiger partial charge in [-0.15, -0.1) is 0 Å². The molecular formula is C14H22N2. The zero-order valence-corrected chi connectivity index (χ0v) is 10.5. The standard InChI is InChI=1S/C14H22N2/c1-3-7-13-10-11(2)15-14(16-13)12-8-5-4-6-9-12/h10,12H,3-9H2,1-2H3. The van der Waals surface area contributed by atoms with Crippen molar-refractivity contribution in [2.24, 2.45) is 0 Å². The molecule has 1 aliphatic carbocycles. The Kier molecular flexibility index (Phi) is 3.92. The number of aromatic nitrogens is 2. The summed E-state index contributed by atoms with van der Waals surface area (Å²) in [5.74, 6) is 1.74. The second-order valence-corrected chi connectivity index (χ2v) is 4.94. The molecule has 0 bridgehead atoms. The summed E-state index contributed by atoms with van der Waals surface area (Å²) >= 11 is 0. The summed E-state index contributed by atoms with van der Waals surface area (Å²) in [5, 5.41) is 0. The molecule has 1 aromatic heterocycles. The molecule has 1 heterocycles. The van der Waals surface area contributed by atoms with E-state index in [0.29, 0.717) is 5.92 Å². The molecule has 0 spiro atoms. The lowest BCUT2D eigenvalue weighted by atomic mass is 9.88. The Morgan fingerprint density at radius 3 is 2.62 bits per heavy atom. The molecule has 1 aromatic rings. The normalized spacial score (nSPS) is 17.6. The van der Waals surface area contributed by atoms with Crippen LogP contribution in [0, 0.1) is 6.92 Å². The fourth-order valence-corrected chi connectivity index (χ4v) is 2.59. The van der Waals surface area contributed by atoms with Crippen LogP contribution < -0.4 is 0 Å². The maximum absolute atomic E-state index is 4.74. The second kappa shape index (κ2) is 5.42. The molecule has 0 aromatic carbocycles. The molecule has 0 radical (unpaired) electrons. The van der Waals surface area contributed by atoms with E-state index in [4.69, 9.17) is 4.98 Å². The van der Waals surface area contributed by atoms with Gasteiger partial charge >= 0.3 is 0 Å². The average molecular weight is 218 g/mol. The molecule has 1 fully saturated rings. The molecule has 0 N–H and O–H groups in total. The molecule has 0 saturated heterocycles. The number of hydrogen-bond donors (Lipinski definition) is 0. The van der Waals surface area contributed by atoms with Gasteiger partial charge in [-0.3, -0.25) is 0 Å². The Labute approximate surface area is 98.5 Å². The van der Waals surface area contributed by atoms with Crippen LogP contribution in [0.25, 0.3) is 0 Å². The lowest BCUT2D eigenvalue weighted by Gasteiger charge is -2.20. The predicted molar refractivity (Wildman–Crippen MR) is 66.6 cm³/mol. The minimum absolute atomic E-state index is 0.629. The number of hydrogen-bond acceptors (Lipinski definition) is 2. The first-order valence-electron chi connectivity index (χ1n) is 6.64. The van der Waals surface area contributed by atoms with Crippen molar-refractivity contribution >= 4 is 0 Å². The van der Waals surface area contributed by atoms with E-state index in [2.05, 4.69) is 24.9 Å². The van der Waals surface area contributed by atoms with Crippen LogP contribution in [0.5, 0.6) is 0 Å². The van der Waals surface area contributed by atoms with Crippen LogP contribution in [0.15, 0.2) is 6.07 Å². The monoisotopic (exact) mass is 218 g/mol. The SMILES string of the molecule is CCCc1cc(C)nc(C2CCCCC2)n1. The van der Waals surface area contributed by atoms with Crippen LogP contribution in [0.2, 0.25) is 0 Å². The zero-order chi connectivity index (χ0) is 11.4. The molecule has 2 rings (SSSR count). The van der Waals surface area contributed by atoms with Gasteiger partial charge in [-0.05, 0) is 32.3 Å². The van der Waals surface area contributed by atoms with Crippen LogP contribution in [0.4, 0.5) is 0 Å². The smallest absolute Gasteiger partial charge is 0.131 e. The van der Waals surface area contributed by atoms with Gasteiger partial charge in [-0.25, -0.2) is 9.97 Å². The number of aryl methyl sites for hydroxylation is 2. The minimum Gasteiger partial charge on any atom is -0.238 e. The van der Waals surface area contributed by atoms with Gasteiger partial charge in [-0.1, -0.05) is 32.6 Å². The average Bonchev–Trinajstić information content (AvgIpc) is 2.30. The molecule has 0 amide bonds. The van der Waals surface area contributed by atoms with Gasteiger partial charge in [0.2, 0.25) is 0 Å². The van der Waals surface area contributed by atoms with Crippen LogP contribution in [-0.2, 0) is 6.42 Å². The van der Waals surface area contributed by atoms with E-state index in [-0.39, 0.29) is 0 Å². The minimum atomic E-state index is 0.629. The lowest BCUT2D eigenvalue weighted by Crippen LogP contribution is -2.11. The van der Waals surface area contributed by atoms with Crippen molar-refractivity contribution < 1.29 is 0 Å². The number of rotatable bonds is 3. The topological polar surface area (TPSA) is 25.8 Å². The molecule has 2 nitrogen and oxygen atoms in total. The van der Waals surface area contributed by atoms with Gasteiger partial charge in [0, 0.05) is 17.3 Å². The quantitative estimate of drug-likeness (QED) is 0.771. The lowest BCUT2D eigenvalue weighted by molar-refractivity contribution is 0.427. The van der Waals surface area contributed by atoms with E-state index in [1.165, 1.54) is 44.2 Å². The Morgan fingerprint density at radius 1 is 1.19 bits per heavy atom. The highest BCUT2D eigenvalue weighted by Gasteiger charge is 2.18. The van der Waals surface area contributed by atoms with Crippen LogP contribution in [0.3, 0.4) is 0 Å². The third kappa shape index (κ3) is 2.81. The Bertz CT molecular complexity index is 341. The van der Waals surface area contributed by atoms with Gasteiger partial charge < -0.3 is 0 Å². The van der Waals surface area contributed by atoms with Crippen LogP contribution in [0.1, 0.15) is 68.6 Å². The summed E-state index contributed by atoms with van der Waals surface area (Å²) in [5.41, 5.74) is 2.37. The van der Waals surface area contributed by atoms with E-state index in [1.807, 2.05) is 0 Å². The summed E-state index contributed by atoms with van der Waals surface area (Å²) in [4.78, 5) is 9.36. The Balaban J connectivity index is 2.18. The highest BCUT2D eigenvalue weighted by Crippen LogP contribution is 2.30. The maximum Gasteiger partial charge on any atom is 0.131 e. The summed E-state index contributed by atoms with van der Waals surface area (Å²) < 4.78 is 0. The van der Waals surface area contributed by atoms with E-state index < -0.39 is 0 Å². The van der Waals surface area contributed by atoms with Crippen molar-refractivity contribution in [3.05, 3.63) is 23.3 Å². The highest BCUT2D eigenvalue weighted by molar-refractivity contribution is 5.12. The molecular weight excluding hydrogens is 196 g/mol. The first-order valence-corrected chi connectivity index (χ1v) is 6.64. The Morgan fingerprint density at radius 2 is 1.94 bits per heavy atom. The molecule has 0 unspecified atom stereocenters. The van der Waals surface area contributed by atoms with Crippen molar-refractivity contribution in [3.8, 4) is 0 Å². The third-order valence-electron chi connectivity index (χ3n) is 3.40. The fourth-order valence-electron chi connectivity index (χ4n) is 2.59. The summed E-state index contributed by atoms with van der Waals surface area (Å²) in [6.45, 7) is 4.30. The first kappa shape index (κ1) is 11.6. The van der Waals surface area contributed by atoms with Gasteiger partial charge in [-0.2, -0.15) is 0 Å². The molecule has 16 heavy (non-hydrogen) atoms. The van der Waals surface area contributed by atoms with Crippen LogP contribution in [-0.4, -0.2) is 9.97 Å². The first-order chi connectivity index (χ1) is 7.79. The molecule has 2 heteroatoms. The zero-order valence-electron chi connectivity index (χ0n) is 10.5. The predicted octanol–water partition coefficient (Wildman–Crippen LogP) is 3.79. The van der Waals surface area contributed by atoms with Crippen molar-refractivity contribution in [1.29, 1.82) is 0 Å². The fraction of sp³-hybridized carbons (Fsp3) is 0.714. The largest absolute Gasteiger partial charge is 0.238 e. The molecule has 1 saturated carbocycles. The van der Waals surface area contributed by atoms with Crippen molar-refractivity contribution in [1.82, 2.24) is 9.97 Å². The number of nitrogens with zero attached hydrogens (tertiary/aromatic N) is 2. The maximum atomic E-state index is 4.74. The second-order valence-electron chi connectivity index (χ2n) is 4.94. The van der Waals surface area contributed by atoms with E-state index in [9.17, 15) is 0 Å². The molecule has 1 aliphatic rings. The van der Waals surface area contributed by atoms with Crippen LogP contribution >= 0.6 is 0 Å². The summed E-state index contributed by atoms with van der Waals surface area (Å²) in [7, 11) is 0. The van der Waals surface area contributed by atoms with Crippen molar-refractivity contribution in [2.75, 3.05) is 0 Å². The molecule has 0 aliphatic heterocycles. The van der Waals surface area contributed by atoms with Gasteiger partial charge in [0.25, 0.3) is 0 Å². The van der Waals surface area contributed by atoms with Gasteiger partial charge in [0.15, 0.2) is 0 Å². The summed E-state index contributed by atoms with van der Waals surface area (Å²) in [6.07, 6.45) is 8.92. The highest BCUT2D eigenvalue weighted by atomic mass is 14.9. The van der Waals surface area contributed by atoms with Crippen molar-refractivity contribution in [2.45, 2.75) is 64.7 Å². The van der Waals surface area contributed by atoms with Gasteiger partial charge in [0.1, 0.15) is 5.82 Å². The van der Waals surface area contributed by atoms with Crippen molar-refractivity contribution in [3.63, 3.8) is 0 Å². The Hall–Kier alpha value is -0.920. The third-order valence-corrected chi connectivity index (χ3v) is 3.40. The molecule has 0 atom stereocenters.